The van der Waals surface area contributed by atoms with Crippen molar-refractivity contribution in [2.45, 2.75) is 19.3 Å². The van der Waals surface area contributed by atoms with Crippen molar-refractivity contribution in [3.8, 4) is 0 Å². The smallest absolute Gasteiger partial charge is 0.223 e. The number of carbonyl (C=O) groups excluding carboxylic acids is 2. The minimum atomic E-state index is 0.0448. The van der Waals surface area contributed by atoms with Gasteiger partial charge in [-0.1, -0.05) is 12.1 Å². The number of rotatable bonds is 7. The molecule has 3 rings (SSSR count). The van der Waals surface area contributed by atoms with E-state index in [9.17, 15) is 9.59 Å². The fourth-order valence-corrected chi connectivity index (χ4v) is 3.20. The Balaban J connectivity index is 1.53. The zero-order valence-corrected chi connectivity index (χ0v) is 14.1. The van der Waals surface area contributed by atoms with Gasteiger partial charge in [0.15, 0.2) is 0 Å². The highest BCUT2D eigenvalue weighted by molar-refractivity contribution is 5.89. The van der Waals surface area contributed by atoms with E-state index in [1.165, 1.54) is 0 Å². The second-order valence-corrected chi connectivity index (χ2v) is 6.19. The Hall–Kier alpha value is -2.70. The molecule has 0 atom stereocenters. The van der Waals surface area contributed by atoms with E-state index < -0.39 is 0 Å². The molecule has 2 amide bonds. The van der Waals surface area contributed by atoms with E-state index >= 15 is 0 Å². The van der Waals surface area contributed by atoms with Gasteiger partial charge >= 0.3 is 0 Å². The number of aromatic nitrogens is 2. The lowest BCUT2D eigenvalue weighted by Crippen LogP contribution is -2.41. The summed E-state index contributed by atoms with van der Waals surface area (Å²) in [5, 5.41) is 6.60. The van der Waals surface area contributed by atoms with Crippen molar-refractivity contribution in [3.63, 3.8) is 0 Å². The van der Waals surface area contributed by atoms with Crippen molar-refractivity contribution < 1.29 is 9.59 Å². The van der Waals surface area contributed by atoms with Gasteiger partial charge in [-0.2, -0.15) is 0 Å². The van der Waals surface area contributed by atoms with Crippen LogP contribution in [0.15, 0.2) is 30.6 Å². The largest absolute Gasteiger partial charge is 0.359 e. The van der Waals surface area contributed by atoms with E-state index in [1.807, 2.05) is 24.3 Å². The molecule has 132 valence electrons. The number of anilines is 1. The summed E-state index contributed by atoms with van der Waals surface area (Å²) in [5.74, 6) is 1.10. The van der Waals surface area contributed by atoms with Crippen LogP contribution in [0.3, 0.4) is 0 Å². The first-order chi connectivity index (χ1) is 12.3. The molecule has 1 aromatic carbocycles. The SMILES string of the molecule is O=CNCCCNC(=O)C1CCN(c2ncnc3ccccc23)CC1. The standard InChI is InChI=1S/C18H23N5O2/c24-13-19-8-3-9-20-18(25)14-6-10-23(11-7-14)17-15-4-1-2-5-16(15)21-12-22-17/h1-2,4-5,12-14H,3,6-11H2,(H,19,24)(H,20,25). The van der Waals surface area contributed by atoms with E-state index in [0.29, 0.717) is 19.5 Å². The Kier molecular flexibility index (Phi) is 5.77. The molecule has 2 aromatic rings. The van der Waals surface area contributed by atoms with E-state index in [1.54, 1.807) is 6.33 Å². The fraction of sp³-hybridized carbons (Fsp3) is 0.444. The lowest BCUT2D eigenvalue weighted by molar-refractivity contribution is -0.125. The molecule has 1 saturated heterocycles. The molecule has 0 unspecified atom stereocenters. The van der Waals surface area contributed by atoms with Gasteiger partial charge in [-0.25, -0.2) is 9.97 Å². The number of fused-ring (bicyclic) bond motifs is 1. The van der Waals surface area contributed by atoms with Gasteiger partial charge in [0, 0.05) is 37.5 Å². The molecule has 7 heteroatoms. The second kappa shape index (κ2) is 8.41. The van der Waals surface area contributed by atoms with Gasteiger partial charge in [-0.3, -0.25) is 9.59 Å². The van der Waals surface area contributed by atoms with Gasteiger partial charge in [0.1, 0.15) is 12.1 Å². The van der Waals surface area contributed by atoms with Crippen molar-refractivity contribution >= 4 is 29.0 Å². The minimum Gasteiger partial charge on any atom is -0.359 e. The zero-order valence-electron chi connectivity index (χ0n) is 14.1. The summed E-state index contributed by atoms with van der Waals surface area (Å²) >= 11 is 0. The Morgan fingerprint density at radius 3 is 2.80 bits per heavy atom. The van der Waals surface area contributed by atoms with Crippen molar-refractivity contribution in [3.05, 3.63) is 30.6 Å². The molecule has 1 aromatic heterocycles. The number of nitrogens with one attached hydrogen (secondary N) is 2. The summed E-state index contributed by atoms with van der Waals surface area (Å²) in [7, 11) is 0. The number of hydrogen-bond acceptors (Lipinski definition) is 5. The average molecular weight is 341 g/mol. The summed E-state index contributed by atoms with van der Waals surface area (Å²) in [4.78, 5) is 33.4. The topological polar surface area (TPSA) is 87.2 Å². The number of nitrogens with zero attached hydrogens (tertiary/aromatic N) is 3. The number of para-hydroxylation sites is 1. The van der Waals surface area contributed by atoms with Crippen molar-refractivity contribution in [2.75, 3.05) is 31.1 Å². The molecule has 25 heavy (non-hydrogen) atoms. The van der Waals surface area contributed by atoms with E-state index in [2.05, 4.69) is 25.5 Å². The maximum absolute atomic E-state index is 12.2. The minimum absolute atomic E-state index is 0.0448. The van der Waals surface area contributed by atoms with Crippen LogP contribution in [0.5, 0.6) is 0 Å². The molecule has 0 radical (unpaired) electrons. The highest BCUT2D eigenvalue weighted by Crippen LogP contribution is 2.27. The van der Waals surface area contributed by atoms with Crippen LogP contribution in [-0.4, -0.2) is 48.5 Å². The first-order valence-electron chi connectivity index (χ1n) is 8.69. The van der Waals surface area contributed by atoms with Crippen LogP contribution in [0.1, 0.15) is 19.3 Å². The van der Waals surface area contributed by atoms with Gasteiger partial charge in [-0.15, -0.1) is 0 Å². The third-order valence-corrected chi connectivity index (χ3v) is 4.57. The van der Waals surface area contributed by atoms with Crippen LogP contribution in [0.2, 0.25) is 0 Å². The fourth-order valence-electron chi connectivity index (χ4n) is 3.20. The van der Waals surface area contributed by atoms with Gasteiger partial charge in [0.2, 0.25) is 12.3 Å². The molecule has 0 aliphatic carbocycles. The van der Waals surface area contributed by atoms with Crippen LogP contribution in [0.25, 0.3) is 10.9 Å². The Morgan fingerprint density at radius 2 is 2.00 bits per heavy atom. The predicted molar refractivity (Wildman–Crippen MR) is 96.2 cm³/mol. The third-order valence-electron chi connectivity index (χ3n) is 4.57. The molecular formula is C18H23N5O2. The molecule has 0 bridgehead atoms. The molecule has 1 aliphatic heterocycles. The number of hydrogen-bond donors (Lipinski definition) is 2. The third kappa shape index (κ3) is 4.23. The van der Waals surface area contributed by atoms with Crippen LogP contribution in [0.4, 0.5) is 5.82 Å². The summed E-state index contributed by atoms with van der Waals surface area (Å²) in [6.07, 6.45) is 4.65. The molecule has 0 saturated carbocycles. The van der Waals surface area contributed by atoms with Crippen molar-refractivity contribution in [1.29, 1.82) is 0 Å². The van der Waals surface area contributed by atoms with E-state index in [4.69, 9.17) is 0 Å². The summed E-state index contributed by atoms with van der Waals surface area (Å²) in [6.45, 7) is 2.80. The first-order valence-corrected chi connectivity index (χ1v) is 8.69. The summed E-state index contributed by atoms with van der Waals surface area (Å²) in [6, 6.07) is 7.99. The van der Waals surface area contributed by atoms with Gasteiger partial charge in [0.05, 0.1) is 5.52 Å². The number of amides is 2. The second-order valence-electron chi connectivity index (χ2n) is 6.19. The molecule has 2 heterocycles. The lowest BCUT2D eigenvalue weighted by Gasteiger charge is -2.32. The maximum Gasteiger partial charge on any atom is 0.223 e. The molecule has 1 aliphatic rings. The molecule has 7 nitrogen and oxygen atoms in total. The molecule has 1 fully saturated rings. The average Bonchev–Trinajstić information content (AvgIpc) is 2.67. The highest BCUT2D eigenvalue weighted by Gasteiger charge is 2.26. The zero-order chi connectivity index (χ0) is 17.5. The maximum atomic E-state index is 12.2. The molecular weight excluding hydrogens is 318 g/mol. The van der Waals surface area contributed by atoms with E-state index in [-0.39, 0.29) is 11.8 Å². The number of piperidine rings is 1. The molecule has 2 N–H and O–H groups in total. The Labute approximate surface area is 146 Å². The quantitative estimate of drug-likeness (QED) is 0.582. The normalized spacial score (nSPS) is 15.1. The highest BCUT2D eigenvalue weighted by atomic mass is 16.2. The predicted octanol–water partition coefficient (Wildman–Crippen LogP) is 1.10. The Bertz CT molecular complexity index is 723. The summed E-state index contributed by atoms with van der Waals surface area (Å²) in [5.41, 5.74) is 0.941. The van der Waals surface area contributed by atoms with Crippen LogP contribution < -0.4 is 15.5 Å². The van der Waals surface area contributed by atoms with Gasteiger partial charge in [-0.05, 0) is 31.4 Å². The van der Waals surface area contributed by atoms with Gasteiger partial charge < -0.3 is 15.5 Å². The Morgan fingerprint density at radius 1 is 1.20 bits per heavy atom. The number of carbonyl (C=O) groups is 2. The van der Waals surface area contributed by atoms with Crippen LogP contribution in [-0.2, 0) is 9.59 Å². The van der Waals surface area contributed by atoms with Crippen molar-refractivity contribution in [1.82, 2.24) is 20.6 Å². The summed E-state index contributed by atoms with van der Waals surface area (Å²) < 4.78 is 0. The van der Waals surface area contributed by atoms with Gasteiger partial charge in [0.25, 0.3) is 0 Å². The number of benzene rings is 1. The monoisotopic (exact) mass is 341 g/mol. The van der Waals surface area contributed by atoms with E-state index in [0.717, 1.165) is 49.1 Å². The van der Waals surface area contributed by atoms with Crippen LogP contribution in [0, 0.1) is 5.92 Å². The van der Waals surface area contributed by atoms with Crippen LogP contribution >= 0.6 is 0 Å². The van der Waals surface area contributed by atoms with Crippen molar-refractivity contribution in [2.24, 2.45) is 5.92 Å². The lowest BCUT2D eigenvalue weighted by atomic mass is 9.95. The molecule has 0 spiro atoms. The first kappa shape index (κ1) is 17.1.